The monoisotopic (exact) mass is 472 g/mol. The normalized spacial score (nSPS) is 16.4. The molecule has 0 saturated carbocycles. The molecule has 1 aliphatic heterocycles. The Morgan fingerprint density at radius 1 is 1.06 bits per heavy atom. The summed E-state index contributed by atoms with van der Waals surface area (Å²) >= 11 is 6.13. The van der Waals surface area contributed by atoms with Gasteiger partial charge in [0.15, 0.2) is 0 Å². The molecule has 1 aromatic rings. The highest BCUT2D eigenvalue weighted by Gasteiger charge is 2.14. The molecule has 0 spiro atoms. The summed E-state index contributed by atoms with van der Waals surface area (Å²) < 4.78 is 0. The minimum Gasteiger partial charge on any atom is -0.481 e. The van der Waals surface area contributed by atoms with Gasteiger partial charge in [0.2, 0.25) is 0 Å². The summed E-state index contributed by atoms with van der Waals surface area (Å²) in [6.07, 6.45) is 14.3. The average Bonchev–Trinajstić information content (AvgIpc) is 2.82. The standard InChI is InChI=1S/C26H37ClN4O2/c1-4-21(27)11-9-13-25-24(12-7-8-15-26(32)33)29-23(22(5-2)28-25)14-10-16-31-19-17-30(6-3)18-20-31/h4-5,9-10,13-14,21H,1-2,6-8,11-12,15-20H2,3H3,(H,32,33)/b13-9+,14-10+. The number of alkyl halides is 1. The molecule has 1 aromatic heterocycles. The van der Waals surface area contributed by atoms with Gasteiger partial charge in [0.25, 0.3) is 0 Å². The van der Waals surface area contributed by atoms with Crippen LogP contribution < -0.4 is 0 Å². The zero-order chi connectivity index (χ0) is 24.1. The van der Waals surface area contributed by atoms with E-state index in [1.807, 2.05) is 18.2 Å². The average molecular weight is 473 g/mol. The van der Waals surface area contributed by atoms with Crippen molar-refractivity contribution in [1.29, 1.82) is 0 Å². The first-order valence-corrected chi connectivity index (χ1v) is 12.2. The lowest BCUT2D eigenvalue weighted by molar-refractivity contribution is -0.137. The zero-order valence-corrected chi connectivity index (χ0v) is 20.5. The summed E-state index contributed by atoms with van der Waals surface area (Å²) in [6.45, 7) is 16.2. The molecule has 6 nitrogen and oxygen atoms in total. The highest BCUT2D eigenvalue weighted by molar-refractivity contribution is 6.21. The van der Waals surface area contributed by atoms with Crippen molar-refractivity contribution in [1.82, 2.24) is 19.8 Å². The molecular weight excluding hydrogens is 436 g/mol. The molecule has 7 heteroatoms. The van der Waals surface area contributed by atoms with Crippen LogP contribution in [0.2, 0.25) is 0 Å². The van der Waals surface area contributed by atoms with Gasteiger partial charge in [-0.3, -0.25) is 9.69 Å². The summed E-state index contributed by atoms with van der Waals surface area (Å²) in [5.41, 5.74) is 3.18. The number of carboxylic acids is 1. The molecule has 0 radical (unpaired) electrons. The first-order chi connectivity index (χ1) is 16.0. The summed E-state index contributed by atoms with van der Waals surface area (Å²) in [5.74, 6) is -0.774. The third-order valence-corrected chi connectivity index (χ3v) is 6.10. The number of rotatable bonds is 14. The Hall–Kier alpha value is -2.28. The number of halogens is 1. The number of aliphatic carboxylic acids is 1. The second-order valence-electron chi connectivity index (χ2n) is 8.16. The minimum absolute atomic E-state index is 0.131. The van der Waals surface area contributed by atoms with Gasteiger partial charge >= 0.3 is 5.97 Å². The molecule has 1 fully saturated rings. The maximum absolute atomic E-state index is 10.8. The molecule has 1 unspecified atom stereocenters. The maximum atomic E-state index is 10.8. The third kappa shape index (κ3) is 9.62. The van der Waals surface area contributed by atoms with Gasteiger partial charge in [0.1, 0.15) is 0 Å². The number of hydrogen-bond acceptors (Lipinski definition) is 5. The molecule has 33 heavy (non-hydrogen) atoms. The fraction of sp³-hybridized carbons (Fsp3) is 0.500. The summed E-state index contributed by atoms with van der Waals surface area (Å²) in [4.78, 5) is 25.4. The van der Waals surface area contributed by atoms with Gasteiger partial charge in [0.05, 0.1) is 28.2 Å². The lowest BCUT2D eigenvalue weighted by Gasteiger charge is -2.33. The summed E-state index contributed by atoms with van der Waals surface area (Å²) in [6, 6.07) is 0. The van der Waals surface area contributed by atoms with Gasteiger partial charge < -0.3 is 10.0 Å². The van der Waals surface area contributed by atoms with Gasteiger partial charge in [-0.2, -0.15) is 0 Å². The largest absolute Gasteiger partial charge is 0.481 e. The number of carboxylic acid groups (broad SMARTS) is 1. The van der Waals surface area contributed by atoms with Crippen molar-refractivity contribution >= 4 is 35.8 Å². The molecule has 0 amide bonds. The minimum atomic E-state index is -0.774. The Labute approximate surface area is 203 Å². The van der Waals surface area contributed by atoms with Crippen LogP contribution in [0.3, 0.4) is 0 Å². The second kappa shape index (κ2) is 14.8. The number of likely N-dealkylation sites (N-methyl/N-ethyl adjacent to an activating group) is 1. The predicted octanol–water partition coefficient (Wildman–Crippen LogP) is 4.76. The second-order valence-corrected chi connectivity index (χ2v) is 8.72. The fourth-order valence-electron chi connectivity index (χ4n) is 3.68. The van der Waals surface area contributed by atoms with Gasteiger partial charge in [-0.15, -0.1) is 18.2 Å². The van der Waals surface area contributed by atoms with E-state index in [4.69, 9.17) is 26.7 Å². The molecule has 1 N–H and O–H groups in total. The van der Waals surface area contributed by atoms with E-state index in [2.05, 4.69) is 36.0 Å². The van der Waals surface area contributed by atoms with E-state index in [-0.39, 0.29) is 11.8 Å². The topological polar surface area (TPSA) is 69.6 Å². The van der Waals surface area contributed by atoms with Crippen LogP contribution in [-0.2, 0) is 11.2 Å². The number of aryl methyl sites for hydroxylation is 1. The lowest BCUT2D eigenvalue weighted by atomic mass is 10.1. The number of unbranched alkanes of at least 4 members (excludes halogenated alkanes) is 1. The fourth-order valence-corrected chi connectivity index (χ4v) is 3.78. The molecule has 0 bridgehead atoms. The van der Waals surface area contributed by atoms with Crippen molar-refractivity contribution in [3.05, 3.63) is 54.2 Å². The third-order valence-electron chi connectivity index (χ3n) is 5.75. The molecule has 180 valence electrons. The van der Waals surface area contributed by atoms with E-state index in [1.54, 1.807) is 12.2 Å². The van der Waals surface area contributed by atoms with Gasteiger partial charge in [-0.1, -0.05) is 31.7 Å². The van der Waals surface area contributed by atoms with Gasteiger partial charge in [-0.05, 0) is 50.5 Å². The summed E-state index contributed by atoms with van der Waals surface area (Å²) in [5, 5.41) is 8.78. The van der Waals surface area contributed by atoms with Crippen LogP contribution >= 0.6 is 11.6 Å². The SMILES string of the molecule is C=Cc1nc(/C=C/CC(Cl)C=C)c(CCCCC(=O)O)nc1/C=C/CN1CCN(CC)CC1. The smallest absolute Gasteiger partial charge is 0.303 e. The van der Waals surface area contributed by atoms with Crippen molar-refractivity contribution in [3.63, 3.8) is 0 Å². The Morgan fingerprint density at radius 3 is 2.39 bits per heavy atom. The Balaban J connectivity index is 2.15. The van der Waals surface area contributed by atoms with Crippen molar-refractivity contribution in [3.8, 4) is 0 Å². The molecule has 0 aromatic carbocycles. The number of aromatic nitrogens is 2. The van der Waals surface area contributed by atoms with Crippen LogP contribution in [0.25, 0.3) is 18.2 Å². The number of allylic oxidation sites excluding steroid dienone is 2. The number of carbonyl (C=O) groups is 1. The van der Waals surface area contributed by atoms with E-state index in [0.717, 1.165) is 68.5 Å². The molecular formula is C26H37ClN4O2. The molecule has 1 atom stereocenters. The zero-order valence-electron chi connectivity index (χ0n) is 19.8. The van der Waals surface area contributed by atoms with Crippen molar-refractivity contribution in [2.45, 2.75) is 44.4 Å². The van der Waals surface area contributed by atoms with E-state index in [9.17, 15) is 4.79 Å². The van der Waals surface area contributed by atoms with E-state index >= 15 is 0 Å². The Kier molecular flexibility index (Phi) is 12.1. The maximum Gasteiger partial charge on any atom is 0.303 e. The van der Waals surface area contributed by atoms with Gasteiger partial charge in [0, 0.05) is 39.1 Å². The van der Waals surface area contributed by atoms with E-state index in [1.165, 1.54) is 0 Å². The van der Waals surface area contributed by atoms with Crippen LogP contribution in [0.15, 0.2) is 31.4 Å². The quantitative estimate of drug-likeness (QED) is 0.239. The van der Waals surface area contributed by atoms with Crippen molar-refractivity contribution < 1.29 is 9.90 Å². The molecule has 1 aliphatic rings. The van der Waals surface area contributed by atoms with E-state index < -0.39 is 5.97 Å². The molecule has 2 rings (SSSR count). The predicted molar refractivity (Wildman–Crippen MR) is 138 cm³/mol. The summed E-state index contributed by atoms with van der Waals surface area (Å²) in [7, 11) is 0. The number of piperazine rings is 1. The van der Waals surface area contributed by atoms with Crippen LogP contribution in [0.1, 0.15) is 55.4 Å². The highest BCUT2D eigenvalue weighted by atomic mass is 35.5. The van der Waals surface area contributed by atoms with Crippen molar-refractivity contribution in [2.75, 3.05) is 39.3 Å². The number of hydrogen-bond donors (Lipinski definition) is 1. The molecule has 2 heterocycles. The number of nitrogens with zero attached hydrogens (tertiary/aromatic N) is 4. The van der Waals surface area contributed by atoms with E-state index in [0.29, 0.717) is 19.3 Å². The van der Waals surface area contributed by atoms with Crippen molar-refractivity contribution in [2.24, 2.45) is 0 Å². The first-order valence-electron chi connectivity index (χ1n) is 11.8. The van der Waals surface area contributed by atoms with Crippen LogP contribution in [0.4, 0.5) is 0 Å². The lowest BCUT2D eigenvalue weighted by Crippen LogP contribution is -2.45. The van der Waals surface area contributed by atoms with Gasteiger partial charge in [-0.25, -0.2) is 9.97 Å². The molecule has 0 aliphatic carbocycles. The highest BCUT2D eigenvalue weighted by Crippen LogP contribution is 2.18. The van der Waals surface area contributed by atoms with Crippen LogP contribution in [0.5, 0.6) is 0 Å². The van der Waals surface area contributed by atoms with Crippen LogP contribution in [0, 0.1) is 0 Å². The molecule has 1 saturated heterocycles. The van der Waals surface area contributed by atoms with Crippen LogP contribution in [-0.4, -0.2) is 75.5 Å². The Bertz CT molecular complexity index is 845. The Morgan fingerprint density at radius 2 is 1.76 bits per heavy atom. The first kappa shape index (κ1) is 27.0.